The Hall–Kier alpha value is -1.56. The van der Waals surface area contributed by atoms with Gasteiger partial charge in [0.25, 0.3) is 0 Å². The molecule has 0 heteroatoms. The Kier molecular flexibility index (Phi) is 451. The molecule has 1 aliphatic carbocycles. The number of rotatable bonds is 0. The summed E-state index contributed by atoms with van der Waals surface area (Å²) in [6.45, 7) is 8.32. The van der Waals surface area contributed by atoms with Crippen molar-refractivity contribution in [3.63, 3.8) is 0 Å². The summed E-state index contributed by atoms with van der Waals surface area (Å²) in [5.74, 6) is 0. The highest BCUT2D eigenvalue weighted by Gasteiger charge is 2.17. The SMILES string of the molecule is C.C.C.C.C.C.C.C.C.C.C.C.C.C.C.C.C.C.C.C.C.C.C.CC.Cc1ccc2c(c1)Cc1cc(C)ccc1-2. The molecule has 1 aliphatic rings. The molecule has 0 unspecified atom stereocenters. The number of fused-ring (bicyclic) bond motifs is 3. The molecule has 0 heterocycles. The van der Waals surface area contributed by atoms with Crippen LogP contribution in [0.3, 0.4) is 0 Å². The van der Waals surface area contributed by atoms with E-state index in [1.54, 1.807) is 0 Å². The molecule has 0 nitrogen and oxygen atoms in total. The summed E-state index contributed by atoms with van der Waals surface area (Å²) < 4.78 is 0. The van der Waals surface area contributed by atoms with Crippen LogP contribution in [-0.2, 0) is 6.42 Å². The van der Waals surface area contributed by atoms with Crippen LogP contribution in [0.4, 0.5) is 0 Å². The Labute approximate surface area is 274 Å². The van der Waals surface area contributed by atoms with Crippen molar-refractivity contribution in [2.75, 3.05) is 0 Å². The number of benzene rings is 2. The van der Waals surface area contributed by atoms with Crippen molar-refractivity contribution in [2.24, 2.45) is 0 Å². The molecule has 2 aromatic carbocycles. The van der Waals surface area contributed by atoms with E-state index in [-0.39, 0.29) is 171 Å². The molecule has 0 aliphatic heterocycles. The minimum absolute atomic E-state index is 0. The third kappa shape index (κ3) is 43.5. The van der Waals surface area contributed by atoms with Gasteiger partial charge in [-0.3, -0.25) is 0 Å². The first kappa shape index (κ1) is 199. The Bertz CT molecular complexity index is 486. The first-order valence-corrected chi connectivity index (χ1v) is 6.43. The number of hydrogen-bond acceptors (Lipinski definition) is 0. The quantitative estimate of drug-likeness (QED) is 0.243. The summed E-state index contributed by atoms with van der Waals surface area (Å²) in [4.78, 5) is 0. The van der Waals surface area contributed by atoms with Crippen molar-refractivity contribution < 1.29 is 0 Å². The lowest BCUT2D eigenvalue weighted by Crippen LogP contribution is -1.81. The fourth-order valence-electron chi connectivity index (χ4n) is 2.47. The molecule has 2 aromatic rings. The van der Waals surface area contributed by atoms with Gasteiger partial charge >= 0.3 is 0 Å². The summed E-state index contributed by atoms with van der Waals surface area (Å²) in [6.07, 6.45) is 1.11. The van der Waals surface area contributed by atoms with E-state index in [9.17, 15) is 0 Å². The van der Waals surface area contributed by atoms with Gasteiger partial charge in [0.1, 0.15) is 0 Å². The Balaban J connectivity index is -0.00000000636. The maximum atomic E-state index is 2.31. The number of hydrogen-bond donors (Lipinski definition) is 0. The van der Waals surface area contributed by atoms with Gasteiger partial charge in [-0.05, 0) is 42.5 Å². The molecular formula is C40H112. The van der Waals surface area contributed by atoms with E-state index in [0.29, 0.717) is 0 Å². The molecule has 0 saturated carbocycles. The van der Waals surface area contributed by atoms with Crippen LogP contribution in [0.5, 0.6) is 0 Å². The highest BCUT2D eigenvalue weighted by Crippen LogP contribution is 2.37. The van der Waals surface area contributed by atoms with Gasteiger partial charge in [0.2, 0.25) is 0 Å². The van der Waals surface area contributed by atoms with E-state index in [4.69, 9.17) is 0 Å². The maximum Gasteiger partial charge on any atom is -0.00133 e. The Morgan fingerprint density at radius 1 is 0.325 bits per heavy atom. The molecule has 0 fully saturated rings. The van der Waals surface area contributed by atoms with E-state index in [1.807, 2.05) is 13.8 Å². The summed E-state index contributed by atoms with van der Waals surface area (Å²) in [5.41, 5.74) is 8.54. The zero-order valence-electron chi connectivity index (χ0n) is 11.2. The van der Waals surface area contributed by atoms with Crippen molar-refractivity contribution in [3.8, 4) is 11.1 Å². The Morgan fingerprint density at radius 2 is 0.500 bits per heavy atom. The molecule has 0 aromatic heterocycles. The van der Waals surface area contributed by atoms with Crippen LogP contribution in [0.15, 0.2) is 36.4 Å². The molecule has 0 atom stereocenters. The third-order valence-electron chi connectivity index (χ3n) is 3.19. The molecule has 0 spiro atoms. The van der Waals surface area contributed by atoms with Crippen LogP contribution in [-0.4, -0.2) is 0 Å². The monoisotopic (exact) mass is 593 g/mol. The standard InChI is InChI=1S/C15H14.C2H6.23CH4/c1-10-3-5-14-12(7-10)9-13-8-11(2)4-6-15(13)14;1-2;;;;;;;;;;;;;;;;;;;;;;;/h3-8H,9H2,1-2H3;1-2H3;23*1H4. The molecule has 3 rings (SSSR count). The van der Waals surface area contributed by atoms with Crippen LogP contribution in [0.25, 0.3) is 11.1 Å². The average molecular weight is 593 g/mol. The predicted octanol–water partition coefficient (Wildman–Crippen LogP) is 19.5. The lowest BCUT2D eigenvalue weighted by atomic mass is 10.0. The maximum absolute atomic E-state index is 2.31. The van der Waals surface area contributed by atoms with Gasteiger partial charge in [0.15, 0.2) is 0 Å². The summed E-state index contributed by atoms with van der Waals surface area (Å²) in [7, 11) is 0. The van der Waals surface area contributed by atoms with Gasteiger partial charge in [0, 0.05) is 0 Å². The second-order valence-electron chi connectivity index (χ2n) is 4.50. The molecule has 0 N–H and O–H groups in total. The largest absolute Gasteiger partial charge is 0.0776 e. The predicted molar refractivity (Wildman–Crippen MR) is 230 cm³/mol. The van der Waals surface area contributed by atoms with Crippen LogP contribution in [0.1, 0.15) is 207 Å². The summed E-state index contributed by atoms with van der Waals surface area (Å²) in [6, 6.07) is 13.5. The molecule has 0 amide bonds. The van der Waals surface area contributed by atoms with Gasteiger partial charge in [-0.1, -0.05) is 232 Å². The van der Waals surface area contributed by atoms with Crippen LogP contribution in [0, 0.1) is 13.8 Å². The minimum Gasteiger partial charge on any atom is -0.0776 e. The van der Waals surface area contributed by atoms with Gasteiger partial charge in [0.05, 0.1) is 0 Å². The van der Waals surface area contributed by atoms with Gasteiger partial charge < -0.3 is 0 Å². The molecule has 272 valence electrons. The summed E-state index contributed by atoms with van der Waals surface area (Å²) in [5, 5.41) is 0. The van der Waals surface area contributed by atoms with Crippen LogP contribution >= 0.6 is 0 Å². The molecule has 0 radical (unpaired) electrons. The van der Waals surface area contributed by atoms with E-state index < -0.39 is 0 Å². The zero-order chi connectivity index (χ0) is 12.4. The first-order valence-electron chi connectivity index (χ1n) is 6.43. The van der Waals surface area contributed by atoms with Crippen molar-refractivity contribution in [1.29, 1.82) is 0 Å². The van der Waals surface area contributed by atoms with Crippen molar-refractivity contribution in [1.82, 2.24) is 0 Å². The summed E-state index contributed by atoms with van der Waals surface area (Å²) >= 11 is 0. The third-order valence-corrected chi connectivity index (χ3v) is 3.19. The highest BCUT2D eigenvalue weighted by atomic mass is 14.2. The van der Waals surface area contributed by atoms with Crippen LogP contribution < -0.4 is 0 Å². The van der Waals surface area contributed by atoms with E-state index in [2.05, 4.69) is 50.2 Å². The zero-order valence-corrected chi connectivity index (χ0v) is 11.2. The normalized spacial score (nSPS) is 4.80. The minimum atomic E-state index is 0. The van der Waals surface area contributed by atoms with E-state index in [0.717, 1.165) is 6.42 Å². The molecule has 40 heavy (non-hydrogen) atoms. The Morgan fingerprint density at radius 3 is 0.675 bits per heavy atom. The van der Waals surface area contributed by atoms with Crippen LogP contribution in [0.2, 0.25) is 0 Å². The molecule has 0 bridgehead atoms. The lowest BCUT2D eigenvalue weighted by molar-refractivity contribution is 1.24. The number of aryl methyl sites for hydroxylation is 2. The van der Waals surface area contributed by atoms with Gasteiger partial charge in [-0.15, -0.1) is 0 Å². The lowest BCUT2D eigenvalue weighted by Gasteiger charge is -2.01. The fourth-order valence-corrected chi connectivity index (χ4v) is 2.47. The first-order chi connectivity index (χ1) is 8.24. The molecule has 0 saturated heterocycles. The fraction of sp³-hybridized carbons (Fsp3) is 0.700. The van der Waals surface area contributed by atoms with E-state index >= 15 is 0 Å². The second-order valence-corrected chi connectivity index (χ2v) is 4.50. The van der Waals surface area contributed by atoms with Crippen molar-refractivity contribution in [3.05, 3.63) is 58.7 Å². The average Bonchev–Trinajstić information content (AvgIpc) is 2.67. The smallest absolute Gasteiger partial charge is 0.00133 e. The van der Waals surface area contributed by atoms with Gasteiger partial charge in [-0.2, -0.15) is 0 Å². The van der Waals surface area contributed by atoms with Gasteiger partial charge in [-0.25, -0.2) is 0 Å². The molecular weight excluding hydrogens is 480 g/mol. The van der Waals surface area contributed by atoms with Crippen molar-refractivity contribution in [2.45, 2.75) is 205 Å². The second kappa shape index (κ2) is 90.5. The topological polar surface area (TPSA) is 0 Å². The van der Waals surface area contributed by atoms with E-state index in [1.165, 1.54) is 33.4 Å². The van der Waals surface area contributed by atoms with Crippen molar-refractivity contribution >= 4 is 0 Å². The highest BCUT2D eigenvalue weighted by molar-refractivity contribution is 5.77.